The molecule has 1 aromatic carbocycles. The maximum absolute atomic E-state index is 12.7. The molecule has 0 aliphatic heterocycles. The predicted octanol–water partition coefficient (Wildman–Crippen LogP) is 4.15. The molecule has 25 heavy (non-hydrogen) atoms. The van der Waals surface area contributed by atoms with Crippen LogP contribution in [0.4, 0.5) is 5.13 Å². The van der Waals surface area contributed by atoms with Gasteiger partial charge in [-0.1, -0.05) is 23.7 Å². The summed E-state index contributed by atoms with van der Waals surface area (Å²) in [5.74, 6) is -1.75. The van der Waals surface area contributed by atoms with Gasteiger partial charge in [0.1, 0.15) is 0 Å². The molecule has 2 bridgehead atoms. The summed E-state index contributed by atoms with van der Waals surface area (Å²) in [5.41, 5.74) is 1.68. The van der Waals surface area contributed by atoms with Gasteiger partial charge < -0.3 is 10.4 Å². The Morgan fingerprint density at radius 2 is 1.84 bits per heavy atom. The number of rotatable bonds is 4. The van der Waals surface area contributed by atoms with Crippen LogP contribution in [0.25, 0.3) is 11.3 Å². The number of benzene rings is 1. The number of thiazole rings is 1. The summed E-state index contributed by atoms with van der Waals surface area (Å²) in [6.45, 7) is 0. The van der Waals surface area contributed by atoms with Crippen molar-refractivity contribution in [2.75, 3.05) is 5.32 Å². The van der Waals surface area contributed by atoms with Crippen LogP contribution in [-0.4, -0.2) is 22.0 Å². The van der Waals surface area contributed by atoms with Gasteiger partial charge >= 0.3 is 5.97 Å². The number of hydrogen-bond acceptors (Lipinski definition) is 4. The van der Waals surface area contributed by atoms with E-state index in [1.807, 2.05) is 17.5 Å². The van der Waals surface area contributed by atoms with E-state index in [9.17, 15) is 14.7 Å². The van der Waals surface area contributed by atoms with Crippen molar-refractivity contribution >= 4 is 39.9 Å². The molecule has 2 aromatic rings. The van der Waals surface area contributed by atoms with Crippen LogP contribution in [0.15, 0.2) is 29.6 Å². The van der Waals surface area contributed by atoms with Crippen molar-refractivity contribution in [3.8, 4) is 11.3 Å². The van der Waals surface area contributed by atoms with E-state index in [4.69, 9.17) is 11.6 Å². The van der Waals surface area contributed by atoms with Crippen molar-refractivity contribution < 1.29 is 14.7 Å². The van der Waals surface area contributed by atoms with Gasteiger partial charge in [-0.3, -0.25) is 9.59 Å². The van der Waals surface area contributed by atoms with Crippen molar-refractivity contribution in [2.45, 2.75) is 19.3 Å². The van der Waals surface area contributed by atoms with Gasteiger partial charge in [-0.2, -0.15) is 0 Å². The summed E-state index contributed by atoms with van der Waals surface area (Å²) in [7, 11) is 0. The van der Waals surface area contributed by atoms with Crippen molar-refractivity contribution in [1.82, 2.24) is 4.98 Å². The second-order valence-corrected chi connectivity index (χ2v) is 8.05. The van der Waals surface area contributed by atoms with Crippen LogP contribution in [0.5, 0.6) is 0 Å². The number of carboxylic acids is 1. The Bertz CT molecular complexity index is 820. The first kappa shape index (κ1) is 16.5. The van der Waals surface area contributed by atoms with Gasteiger partial charge in [-0.25, -0.2) is 4.98 Å². The summed E-state index contributed by atoms with van der Waals surface area (Å²) in [4.78, 5) is 28.7. The maximum atomic E-state index is 12.7. The van der Waals surface area contributed by atoms with Gasteiger partial charge in [-0.05, 0) is 43.2 Å². The number of amides is 1. The molecular weight excluding hydrogens is 360 g/mol. The summed E-state index contributed by atoms with van der Waals surface area (Å²) in [6, 6.07) is 7.33. The Morgan fingerprint density at radius 3 is 2.52 bits per heavy atom. The van der Waals surface area contributed by atoms with Gasteiger partial charge in [0.2, 0.25) is 5.91 Å². The first-order valence-electron chi connectivity index (χ1n) is 8.28. The number of halogens is 1. The highest BCUT2D eigenvalue weighted by molar-refractivity contribution is 7.14. The second kappa shape index (κ2) is 6.42. The normalized spacial score (nSPS) is 27.4. The van der Waals surface area contributed by atoms with Crippen LogP contribution in [0.2, 0.25) is 5.02 Å². The summed E-state index contributed by atoms with van der Waals surface area (Å²) in [6.07, 6.45) is 2.72. The number of anilines is 1. The van der Waals surface area contributed by atoms with Crippen LogP contribution in [0.1, 0.15) is 19.3 Å². The lowest BCUT2D eigenvalue weighted by atomic mass is 9.79. The van der Waals surface area contributed by atoms with Gasteiger partial charge in [-0.15, -0.1) is 11.3 Å². The first-order chi connectivity index (χ1) is 12.0. The zero-order valence-electron chi connectivity index (χ0n) is 13.3. The number of carbonyl (C=O) groups is 2. The molecule has 7 heteroatoms. The Labute approximate surface area is 154 Å². The molecule has 0 unspecified atom stereocenters. The Morgan fingerprint density at radius 1 is 1.16 bits per heavy atom. The highest BCUT2D eigenvalue weighted by atomic mass is 35.5. The first-order valence-corrected chi connectivity index (χ1v) is 9.54. The highest BCUT2D eigenvalue weighted by Crippen LogP contribution is 2.52. The minimum absolute atomic E-state index is 0.138. The lowest BCUT2D eigenvalue weighted by Gasteiger charge is -2.26. The zero-order valence-corrected chi connectivity index (χ0v) is 14.9. The summed E-state index contributed by atoms with van der Waals surface area (Å²) < 4.78 is 0. The molecule has 2 saturated carbocycles. The average Bonchev–Trinajstić information content (AvgIpc) is 3.30. The predicted molar refractivity (Wildman–Crippen MR) is 96.6 cm³/mol. The molecule has 2 aliphatic rings. The quantitative estimate of drug-likeness (QED) is 0.840. The largest absolute Gasteiger partial charge is 0.481 e. The maximum Gasteiger partial charge on any atom is 0.307 e. The summed E-state index contributed by atoms with van der Waals surface area (Å²) in [5, 5.41) is 15.4. The van der Waals surface area contributed by atoms with Crippen molar-refractivity contribution in [1.29, 1.82) is 0 Å². The van der Waals surface area contributed by atoms with E-state index < -0.39 is 17.8 Å². The smallest absolute Gasteiger partial charge is 0.307 e. The van der Waals surface area contributed by atoms with Gasteiger partial charge in [0, 0.05) is 16.0 Å². The Hall–Kier alpha value is -1.92. The molecule has 1 heterocycles. The fourth-order valence-corrected chi connectivity index (χ4v) is 5.15. The number of nitrogens with one attached hydrogen (secondary N) is 1. The van der Waals surface area contributed by atoms with E-state index in [1.54, 1.807) is 12.1 Å². The average molecular weight is 377 g/mol. The third-order valence-corrected chi connectivity index (χ3v) is 6.39. The molecule has 2 aliphatic carbocycles. The van der Waals surface area contributed by atoms with Crippen LogP contribution in [-0.2, 0) is 9.59 Å². The minimum atomic E-state index is -0.853. The van der Waals surface area contributed by atoms with Crippen molar-refractivity contribution in [2.24, 2.45) is 23.7 Å². The topological polar surface area (TPSA) is 79.3 Å². The van der Waals surface area contributed by atoms with Gasteiger partial charge in [0.05, 0.1) is 17.5 Å². The molecule has 0 spiro atoms. The van der Waals surface area contributed by atoms with Gasteiger partial charge in [0.25, 0.3) is 0 Å². The molecular formula is C18H17ClN2O3S. The number of hydrogen-bond donors (Lipinski definition) is 2. The third-order valence-electron chi connectivity index (χ3n) is 5.38. The highest BCUT2D eigenvalue weighted by Gasteiger charge is 2.54. The molecule has 0 saturated heterocycles. The molecule has 0 radical (unpaired) electrons. The van der Waals surface area contributed by atoms with Crippen LogP contribution in [0.3, 0.4) is 0 Å². The van der Waals surface area contributed by atoms with E-state index in [0.29, 0.717) is 10.2 Å². The van der Waals surface area contributed by atoms with E-state index in [1.165, 1.54) is 11.3 Å². The van der Waals surface area contributed by atoms with Gasteiger partial charge in [0.15, 0.2) is 5.13 Å². The number of nitrogens with zero attached hydrogens (tertiary/aromatic N) is 1. The zero-order chi connectivity index (χ0) is 17.6. The molecule has 2 fully saturated rings. The van der Waals surface area contributed by atoms with E-state index in [-0.39, 0.29) is 17.7 Å². The number of carbonyl (C=O) groups excluding carboxylic acids is 1. The number of carboxylic acid groups (broad SMARTS) is 1. The van der Waals surface area contributed by atoms with Crippen molar-refractivity contribution in [3.05, 3.63) is 34.7 Å². The Kier molecular flexibility index (Phi) is 4.25. The van der Waals surface area contributed by atoms with Crippen LogP contribution in [0, 0.1) is 23.7 Å². The number of fused-ring (bicyclic) bond motifs is 2. The molecule has 4 atom stereocenters. The third kappa shape index (κ3) is 3.04. The molecule has 4 rings (SSSR count). The van der Waals surface area contributed by atoms with Crippen molar-refractivity contribution in [3.63, 3.8) is 0 Å². The monoisotopic (exact) mass is 376 g/mol. The molecule has 130 valence electrons. The van der Waals surface area contributed by atoms with Crippen LogP contribution >= 0.6 is 22.9 Å². The van der Waals surface area contributed by atoms with E-state index in [0.717, 1.165) is 30.5 Å². The molecule has 1 amide bonds. The van der Waals surface area contributed by atoms with E-state index >= 15 is 0 Å². The summed E-state index contributed by atoms with van der Waals surface area (Å²) >= 11 is 7.24. The standard InChI is InChI=1S/C18H17ClN2O3S/c19-12-5-3-9(4-6-12)13-8-25-18(20-13)21-16(22)14-10-1-2-11(7-10)15(14)17(23)24/h3-6,8,10-11,14-15H,1-2,7H2,(H,23,24)(H,20,21,22)/t10-,11-,14-,15-/m0/s1. The Balaban J connectivity index is 1.50. The SMILES string of the molecule is O=C(O)[C@H]1[C@H]2CC[C@@H](C2)[C@@H]1C(=O)Nc1nc(-c2ccc(Cl)cc2)cs1. The molecule has 2 N–H and O–H groups in total. The van der Waals surface area contributed by atoms with Crippen LogP contribution < -0.4 is 5.32 Å². The minimum Gasteiger partial charge on any atom is -0.481 e. The number of aliphatic carboxylic acids is 1. The fourth-order valence-electron chi connectivity index (χ4n) is 4.30. The van der Waals surface area contributed by atoms with E-state index in [2.05, 4.69) is 10.3 Å². The lowest BCUT2D eigenvalue weighted by Crippen LogP contribution is -2.37. The molecule has 5 nitrogen and oxygen atoms in total. The molecule has 1 aromatic heterocycles. The number of aromatic nitrogens is 1. The lowest BCUT2D eigenvalue weighted by molar-refractivity contribution is -0.148. The fraction of sp³-hybridized carbons (Fsp3) is 0.389. The second-order valence-electron chi connectivity index (χ2n) is 6.76.